The van der Waals surface area contributed by atoms with E-state index in [-0.39, 0.29) is 6.03 Å². The number of ether oxygens (including phenoxy) is 2. The van der Waals surface area contributed by atoms with Gasteiger partial charge < -0.3 is 20.1 Å². The van der Waals surface area contributed by atoms with E-state index in [1.165, 1.54) is 0 Å². The molecule has 0 bridgehead atoms. The summed E-state index contributed by atoms with van der Waals surface area (Å²) >= 11 is 0. The molecular formula is C19H24N2O3. The number of aryl methyl sites for hydroxylation is 1. The summed E-state index contributed by atoms with van der Waals surface area (Å²) in [6, 6.07) is 15.2. The number of hydrogen-bond acceptors (Lipinski definition) is 3. The van der Waals surface area contributed by atoms with Crippen LogP contribution < -0.4 is 20.1 Å². The fourth-order valence-corrected chi connectivity index (χ4v) is 2.18. The largest absolute Gasteiger partial charge is 0.494 e. The maximum atomic E-state index is 11.8. The Kier molecular flexibility index (Phi) is 6.95. The molecule has 0 unspecified atom stereocenters. The number of nitrogens with one attached hydrogen (secondary N) is 2. The summed E-state index contributed by atoms with van der Waals surface area (Å²) in [6.45, 7) is 5.97. The standard InChI is InChI=1S/C19H24N2O3/c1-3-23-17-8-10-18(11-9-17)24-13-12-20-19(22)21-14-16-7-5-4-6-15(16)2/h4-11H,3,12-14H2,1-2H3,(H2,20,21,22). The van der Waals surface area contributed by atoms with Crippen LogP contribution in [0.25, 0.3) is 0 Å². The molecule has 2 rings (SSSR count). The van der Waals surface area contributed by atoms with Crippen molar-refractivity contribution in [1.29, 1.82) is 0 Å². The van der Waals surface area contributed by atoms with E-state index in [1.54, 1.807) is 0 Å². The molecule has 0 atom stereocenters. The molecule has 2 N–H and O–H groups in total. The van der Waals surface area contributed by atoms with Gasteiger partial charge in [0.2, 0.25) is 0 Å². The summed E-state index contributed by atoms with van der Waals surface area (Å²) in [5.41, 5.74) is 2.27. The Bertz CT molecular complexity index is 641. The van der Waals surface area contributed by atoms with Gasteiger partial charge >= 0.3 is 6.03 Å². The Morgan fingerprint density at radius 2 is 1.62 bits per heavy atom. The van der Waals surface area contributed by atoms with Gasteiger partial charge in [0, 0.05) is 6.54 Å². The molecule has 0 heterocycles. The van der Waals surface area contributed by atoms with Crippen LogP contribution in [-0.2, 0) is 6.54 Å². The summed E-state index contributed by atoms with van der Waals surface area (Å²) in [4.78, 5) is 11.8. The molecule has 2 aromatic carbocycles. The Labute approximate surface area is 143 Å². The van der Waals surface area contributed by atoms with Crippen LogP contribution in [0.15, 0.2) is 48.5 Å². The van der Waals surface area contributed by atoms with Crippen molar-refractivity contribution in [3.8, 4) is 11.5 Å². The molecule has 5 heteroatoms. The van der Waals surface area contributed by atoms with Crippen LogP contribution in [0.3, 0.4) is 0 Å². The van der Waals surface area contributed by atoms with Crippen molar-refractivity contribution in [2.75, 3.05) is 19.8 Å². The van der Waals surface area contributed by atoms with Crippen LogP contribution in [0, 0.1) is 6.92 Å². The van der Waals surface area contributed by atoms with Crippen LogP contribution in [0.5, 0.6) is 11.5 Å². The van der Waals surface area contributed by atoms with Crippen LogP contribution >= 0.6 is 0 Å². The fraction of sp³-hybridized carbons (Fsp3) is 0.316. The van der Waals surface area contributed by atoms with Gasteiger partial charge in [0.15, 0.2) is 0 Å². The number of carbonyl (C=O) groups is 1. The average molecular weight is 328 g/mol. The molecule has 0 saturated heterocycles. The summed E-state index contributed by atoms with van der Waals surface area (Å²) in [5, 5.41) is 5.61. The predicted molar refractivity (Wildman–Crippen MR) is 94.5 cm³/mol. The summed E-state index contributed by atoms with van der Waals surface area (Å²) in [7, 11) is 0. The van der Waals surface area contributed by atoms with E-state index in [1.807, 2.05) is 62.4 Å². The molecule has 24 heavy (non-hydrogen) atoms. The van der Waals surface area contributed by atoms with E-state index in [2.05, 4.69) is 10.6 Å². The van der Waals surface area contributed by atoms with Crippen molar-refractivity contribution in [3.05, 3.63) is 59.7 Å². The third-order valence-corrected chi connectivity index (χ3v) is 3.49. The van der Waals surface area contributed by atoms with Crippen LogP contribution in [0.2, 0.25) is 0 Å². The van der Waals surface area contributed by atoms with Crippen molar-refractivity contribution in [2.24, 2.45) is 0 Å². The van der Waals surface area contributed by atoms with E-state index in [9.17, 15) is 4.79 Å². The average Bonchev–Trinajstić information content (AvgIpc) is 2.60. The molecular weight excluding hydrogens is 304 g/mol. The van der Waals surface area contributed by atoms with Gasteiger partial charge in [-0.2, -0.15) is 0 Å². The molecule has 0 fully saturated rings. The Morgan fingerprint density at radius 3 is 2.29 bits per heavy atom. The zero-order chi connectivity index (χ0) is 17.2. The number of carbonyl (C=O) groups excluding carboxylic acids is 1. The Morgan fingerprint density at radius 1 is 0.958 bits per heavy atom. The molecule has 128 valence electrons. The zero-order valence-electron chi connectivity index (χ0n) is 14.2. The van der Waals surface area contributed by atoms with Gasteiger partial charge in [0.05, 0.1) is 13.2 Å². The normalized spacial score (nSPS) is 10.1. The topological polar surface area (TPSA) is 59.6 Å². The Hall–Kier alpha value is -2.69. The van der Waals surface area contributed by atoms with E-state index in [0.29, 0.717) is 26.3 Å². The molecule has 0 radical (unpaired) electrons. The first-order valence-corrected chi connectivity index (χ1v) is 8.11. The van der Waals surface area contributed by atoms with Gasteiger partial charge in [-0.3, -0.25) is 0 Å². The van der Waals surface area contributed by atoms with Crippen molar-refractivity contribution in [2.45, 2.75) is 20.4 Å². The molecule has 2 amide bonds. The van der Waals surface area contributed by atoms with Crippen molar-refractivity contribution < 1.29 is 14.3 Å². The number of amides is 2. The highest BCUT2D eigenvalue weighted by molar-refractivity contribution is 5.73. The van der Waals surface area contributed by atoms with Crippen LogP contribution in [0.4, 0.5) is 4.79 Å². The monoisotopic (exact) mass is 328 g/mol. The lowest BCUT2D eigenvalue weighted by Gasteiger charge is -2.10. The first kappa shape index (κ1) is 17.7. The molecule has 0 aromatic heterocycles. The lowest BCUT2D eigenvalue weighted by atomic mass is 10.1. The molecule has 0 spiro atoms. The zero-order valence-corrected chi connectivity index (χ0v) is 14.2. The van der Waals surface area contributed by atoms with Gasteiger partial charge in [0.1, 0.15) is 18.1 Å². The third kappa shape index (κ3) is 5.83. The summed E-state index contributed by atoms with van der Waals surface area (Å²) < 4.78 is 10.9. The number of benzene rings is 2. The molecule has 2 aromatic rings. The van der Waals surface area contributed by atoms with Gasteiger partial charge in [0.25, 0.3) is 0 Å². The number of urea groups is 1. The highest BCUT2D eigenvalue weighted by atomic mass is 16.5. The second-order valence-electron chi connectivity index (χ2n) is 5.29. The lowest BCUT2D eigenvalue weighted by molar-refractivity contribution is 0.236. The van der Waals surface area contributed by atoms with Gasteiger partial charge in [-0.25, -0.2) is 4.79 Å². The highest BCUT2D eigenvalue weighted by Crippen LogP contribution is 2.17. The van der Waals surface area contributed by atoms with Crippen molar-refractivity contribution in [3.63, 3.8) is 0 Å². The minimum atomic E-state index is -0.200. The van der Waals surface area contributed by atoms with Gasteiger partial charge in [-0.05, 0) is 49.2 Å². The maximum Gasteiger partial charge on any atom is 0.315 e. The second kappa shape index (κ2) is 9.45. The molecule has 0 aliphatic rings. The number of rotatable bonds is 8. The van der Waals surface area contributed by atoms with E-state index in [0.717, 1.165) is 22.6 Å². The van der Waals surface area contributed by atoms with Gasteiger partial charge in [-0.15, -0.1) is 0 Å². The highest BCUT2D eigenvalue weighted by Gasteiger charge is 2.02. The van der Waals surface area contributed by atoms with Crippen molar-refractivity contribution in [1.82, 2.24) is 10.6 Å². The minimum absolute atomic E-state index is 0.200. The van der Waals surface area contributed by atoms with Crippen LogP contribution in [0.1, 0.15) is 18.1 Å². The Balaban J connectivity index is 1.63. The molecule has 0 saturated carbocycles. The van der Waals surface area contributed by atoms with Crippen molar-refractivity contribution >= 4 is 6.03 Å². The summed E-state index contributed by atoms with van der Waals surface area (Å²) in [6.07, 6.45) is 0. The smallest absolute Gasteiger partial charge is 0.315 e. The van der Waals surface area contributed by atoms with E-state index >= 15 is 0 Å². The molecule has 5 nitrogen and oxygen atoms in total. The lowest BCUT2D eigenvalue weighted by Crippen LogP contribution is -2.37. The molecule has 0 aliphatic carbocycles. The summed E-state index contributed by atoms with van der Waals surface area (Å²) in [5.74, 6) is 1.57. The van der Waals surface area contributed by atoms with Crippen LogP contribution in [-0.4, -0.2) is 25.8 Å². The third-order valence-electron chi connectivity index (χ3n) is 3.49. The SMILES string of the molecule is CCOc1ccc(OCCNC(=O)NCc2ccccc2C)cc1. The van der Waals surface area contributed by atoms with Gasteiger partial charge in [-0.1, -0.05) is 24.3 Å². The minimum Gasteiger partial charge on any atom is -0.494 e. The number of hydrogen-bond donors (Lipinski definition) is 2. The quantitative estimate of drug-likeness (QED) is 0.731. The predicted octanol–water partition coefficient (Wildman–Crippen LogP) is 3.27. The maximum absolute atomic E-state index is 11.8. The fourth-order valence-electron chi connectivity index (χ4n) is 2.18. The van der Waals surface area contributed by atoms with E-state index in [4.69, 9.17) is 9.47 Å². The molecule has 0 aliphatic heterocycles. The van der Waals surface area contributed by atoms with E-state index < -0.39 is 0 Å². The first-order valence-electron chi connectivity index (χ1n) is 8.11. The second-order valence-corrected chi connectivity index (χ2v) is 5.29. The first-order chi connectivity index (χ1) is 11.7.